The molecule has 0 saturated carbocycles. The van der Waals surface area contributed by atoms with Gasteiger partial charge < -0.3 is 5.32 Å². The van der Waals surface area contributed by atoms with Crippen molar-refractivity contribution in [2.75, 3.05) is 26.2 Å². The van der Waals surface area contributed by atoms with E-state index in [0.717, 1.165) is 31.7 Å². The first kappa shape index (κ1) is 15.8. The van der Waals surface area contributed by atoms with Crippen LogP contribution in [-0.4, -0.2) is 31.1 Å². The van der Waals surface area contributed by atoms with E-state index >= 15 is 0 Å². The molecule has 116 valence electrons. The van der Waals surface area contributed by atoms with Gasteiger partial charge in [-0.2, -0.15) is 0 Å². The van der Waals surface area contributed by atoms with Crippen LogP contribution in [0.25, 0.3) is 0 Å². The summed E-state index contributed by atoms with van der Waals surface area (Å²) in [6, 6.07) is 14.7. The maximum Gasteiger partial charge on any atom is 0.0643 e. The lowest BCUT2D eigenvalue weighted by molar-refractivity contribution is 0.198. The van der Waals surface area contributed by atoms with E-state index in [1.54, 1.807) is 0 Å². The molecule has 1 fully saturated rings. The predicted molar refractivity (Wildman–Crippen MR) is 93.9 cm³/mol. The molecule has 1 unspecified atom stereocenters. The molecule has 0 spiro atoms. The van der Waals surface area contributed by atoms with Crippen molar-refractivity contribution in [3.63, 3.8) is 0 Å². The average molecular weight is 335 g/mol. The fraction of sp³-hybridized carbons (Fsp3) is 0.333. The molecule has 22 heavy (non-hydrogen) atoms. The topological polar surface area (TPSA) is 15.3 Å². The van der Waals surface area contributed by atoms with Gasteiger partial charge in [-0.25, -0.2) is 0 Å². The Kier molecular flexibility index (Phi) is 5.04. The van der Waals surface area contributed by atoms with Crippen molar-refractivity contribution < 1.29 is 0 Å². The second-order valence-corrected chi connectivity index (χ2v) is 6.53. The number of hydrogen-bond donors (Lipinski definition) is 1. The third kappa shape index (κ3) is 3.31. The standard InChI is InChI=1S/C18H20Cl2N2/c1-13-4-2-5-14(12-13)18(22-10-8-21-9-11-22)15-6-3-7-16(19)17(15)20/h2-7,12,18,21H,8-11H2,1H3. The van der Waals surface area contributed by atoms with Crippen LogP contribution in [0.1, 0.15) is 22.7 Å². The molecule has 1 aliphatic heterocycles. The van der Waals surface area contributed by atoms with Gasteiger partial charge in [0.15, 0.2) is 0 Å². The molecular weight excluding hydrogens is 315 g/mol. The largest absolute Gasteiger partial charge is 0.314 e. The molecule has 0 bridgehead atoms. The number of rotatable bonds is 3. The fourth-order valence-electron chi connectivity index (χ4n) is 3.10. The van der Waals surface area contributed by atoms with E-state index in [2.05, 4.69) is 47.5 Å². The van der Waals surface area contributed by atoms with Crippen molar-refractivity contribution in [2.24, 2.45) is 0 Å². The minimum Gasteiger partial charge on any atom is -0.314 e. The number of halogens is 2. The summed E-state index contributed by atoms with van der Waals surface area (Å²) in [6.07, 6.45) is 0. The highest BCUT2D eigenvalue weighted by Gasteiger charge is 2.26. The lowest BCUT2D eigenvalue weighted by Crippen LogP contribution is -2.45. The summed E-state index contributed by atoms with van der Waals surface area (Å²) < 4.78 is 0. The number of hydrogen-bond acceptors (Lipinski definition) is 2. The van der Waals surface area contributed by atoms with Crippen LogP contribution in [0.3, 0.4) is 0 Å². The van der Waals surface area contributed by atoms with Gasteiger partial charge in [-0.05, 0) is 24.1 Å². The first-order chi connectivity index (χ1) is 10.7. The first-order valence-electron chi connectivity index (χ1n) is 7.62. The van der Waals surface area contributed by atoms with Crippen molar-refractivity contribution in [1.82, 2.24) is 10.2 Å². The van der Waals surface area contributed by atoms with Crippen molar-refractivity contribution in [3.05, 3.63) is 69.2 Å². The van der Waals surface area contributed by atoms with E-state index in [1.807, 2.05) is 12.1 Å². The molecular formula is C18H20Cl2N2. The fourth-order valence-corrected chi connectivity index (χ4v) is 3.51. The molecule has 2 aromatic rings. The third-order valence-electron chi connectivity index (χ3n) is 4.15. The molecule has 1 saturated heterocycles. The summed E-state index contributed by atoms with van der Waals surface area (Å²) in [6.45, 7) is 6.13. The molecule has 1 heterocycles. The van der Waals surface area contributed by atoms with E-state index in [1.165, 1.54) is 11.1 Å². The molecule has 0 aliphatic carbocycles. The SMILES string of the molecule is Cc1cccc(C(c2cccc(Cl)c2Cl)N2CCNCC2)c1. The van der Waals surface area contributed by atoms with E-state index in [0.29, 0.717) is 10.0 Å². The minimum absolute atomic E-state index is 0.146. The molecule has 1 atom stereocenters. The zero-order valence-electron chi connectivity index (χ0n) is 12.7. The van der Waals surface area contributed by atoms with Gasteiger partial charge in [-0.3, -0.25) is 4.90 Å². The van der Waals surface area contributed by atoms with Crippen LogP contribution in [0, 0.1) is 6.92 Å². The monoisotopic (exact) mass is 334 g/mol. The molecule has 0 aromatic heterocycles. The van der Waals surface area contributed by atoms with Gasteiger partial charge in [0.1, 0.15) is 0 Å². The number of aryl methyl sites for hydroxylation is 1. The maximum absolute atomic E-state index is 6.52. The van der Waals surface area contributed by atoms with Crippen molar-refractivity contribution >= 4 is 23.2 Å². The molecule has 4 heteroatoms. The highest BCUT2D eigenvalue weighted by atomic mass is 35.5. The van der Waals surface area contributed by atoms with Gasteiger partial charge in [0.2, 0.25) is 0 Å². The minimum atomic E-state index is 0.146. The Hall–Kier alpha value is -1.06. The summed E-state index contributed by atoms with van der Waals surface area (Å²) in [5.74, 6) is 0. The molecule has 1 N–H and O–H groups in total. The maximum atomic E-state index is 6.52. The molecule has 0 radical (unpaired) electrons. The van der Waals surface area contributed by atoms with Crippen LogP contribution in [0.4, 0.5) is 0 Å². The zero-order valence-corrected chi connectivity index (χ0v) is 14.2. The van der Waals surface area contributed by atoms with Crippen LogP contribution in [0.15, 0.2) is 42.5 Å². The Labute approximate surface area is 142 Å². The average Bonchev–Trinajstić information content (AvgIpc) is 2.53. The van der Waals surface area contributed by atoms with Gasteiger partial charge in [-0.15, -0.1) is 0 Å². The lowest BCUT2D eigenvalue weighted by atomic mass is 9.95. The Bertz CT molecular complexity index is 651. The molecule has 2 aromatic carbocycles. The highest BCUT2D eigenvalue weighted by molar-refractivity contribution is 6.42. The zero-order chi connectivity index (χ0) is 15.5. The van der Waals surface area contributed by atoms with E-state index < -0.39 is 0 Å². The quantitative estimate of drug-likeness (QED) is 0.900. The molecule has 1 aliphatic rings. The van der Waals surface area contributed by atoms with Crippen LogP contribution >= 0.6 is 23.2 Å². The lowest BCUT2D eigenvalue weighted by Gasteiger charge is -2.36. The van der Waals surface area contributed by atoms with Crippen LogP contribution < -0.4 is 5.32 Å². The number of benzene rings is 2. The van der Waals surface area contributed by atoms with Crippen molar-refractivity contribution in [2.45, 2.75) is 13.0 Å². The van der Waals surface area contributed by atoms with E-state index in [9.17, 15) is 0 Å². The summed E-state index contributed by atoms with van der Waals surface area (Å²) >= 11 is 12.8. The van der Waals surface area contributed by atoms with Gasteiger partial charge >= 0.3 is 0 Å². The van der Waals surface area contributed by atoms with E-state index in [4.69, 9.17) is 23.2 Å². The van der Waals surface area contributed by atoms with Crippen LogP contribution in [0.2, 0.25) is 10.0 Å². The molecule has 2 nitrogen and oxygen atoms in total. The number of nitrogens with zero attached hydrogens (tertiary/aromatic N) is 1. The molecule has 3 rings (SSSR count). The molecule has 0 amide bonds. The van der Waals surface area contributed by atoms with Crippen LogP contribution in [0.5, 0.6) is 0 Å². The highest BCUT2D eigenvalue weighted by Crippen LogP contribution is 2.37. The van der Waals surface area contributed by atoms with Gasteiger partial charge in [0.25, 0.3) is 0 Å². The smallest absolute Gasteiger partial charge is 0.0643 e. The first-order valence-corrected chi connectivity index (χ1v) is 8.37. The third-order valence-corrected chi connectivity index (χ3v) is 4.98. The predicted octanol–water partition coefficient (Wildman–Crippen LogP) is 4.30. The van der Waals surface area contributed by atoms with Crippen molar-refractivity contribution in [3.8, 4) is 0 Å². The number of nitrogens with one attached hydrogen (secondary N) is 1. The number of piperazine rings is 1. The van der Waals surface area contributed by atoms with Crippen molar-refractivity contribution in [1.29, 1.82) is 0 Å². The second-order valence-electron chi connectivity index (χ2n) is 5.75. The van der Waals surface area contributed by atoms with Gasteiger partial charge in [0, 0.05) is 26.2 Å². The van der Waals surface area contributed by atoms with Crippen LogP contribution in [-0.2, 0) is 0 Å². The van der Waals surface area contributed by atoms with E-state index in [-0.39, 0.29) is 6.04 Å². The second kappa shape index (κ2) is 7.01. The normalized spacial score (nSPS) is 17.4. The Morgan fingerprint density at radius 1 is 1.05 bits per heavy atom. The van der Waals surface area contributed by atoms with Gasteiger partial charge in [-0.1, -0.05) is 65.2 Å². The Morgan fingerprint density at radius 2 is 1.77 bits per heavy atom. The van der Waals surface area contributed by atoms with Gasteiger partial charge in [0.05, 0.1) is 16.1 Å². The summed E-state index contributed by atoms with van der Waals surface area (Å²) in [5, 5.41) is 4.69. The Morgan fingerprint density at radius 3 is 2.50 bits per heavy atom. The summed E-state index contributed by atoms with van der Waals surface area (Å²) in [7, 11) is 0. The summed E-state index contributed by atoms with van der Waals surface area (Å²) in [4.78, 5) is 2.48. The Balaban J connectivity index is 2.07. The summed E-state index contributed by atoms with van der Waals surface area (Å²) in [5.41, 5.74) is 3.61.